The van der Waals surface area contributed by atoms with Gasteiger partial charge in [-0.15, -0.1) is 11.6 Å². The Kier molecular flexibility index (Phi) is 5.48. The molecule has 1 aromatic carbocycles. The molecule has 1 heterocycles. The summed E-state index contributed by atoms with van der Waals surface area (Å²) in [5.41, 5.74) is 0.788. The normalized spacial score (nSPS) is 18.1. The third-order valence-corrected chi connectivity index (χ3v) is 4.13. The Labute approximate surface area is 134 Å². The minimum Gasteiger partial charge on any atom is -0.345 e. The lowest BCUT2D eigenvalue weighted by atomic mass is 10.1. The van der Waals surface area contributed by atoms with Gasteiger partial charge in [-0.2, -0.15) is 0 Å². The quantitative estimate of drug-likeness (QED) is 0.780. The number of amides is 2. The second-order valence-corrected chi connectivity index (χ2v) is 6.00. The Morgan fingerprint density at radius 1 is 1.38 bits per heavy atom. The van der Waals surface area contributed by atoms with Crippen LogP contribution in [0.3, 0.4) is 0 Å². The van der Waals surface area contributed by atoms with Crippen LogP contribution in [0.4, 0.5) is 5.69 Å². The molecule has 0 bridgehead atoms. The minimum absolute atomic E-state index is 0.0155. The molecule has 4 nitrogen and oxygen atoms in total. The number of hydrogen-bond donors (Lipinski definition) is 0. The van der Waals surface area contributed by atoms with Crippen LogP contribution < -0.4 is 4.90 Å². The molecule has 0 radical (unpaired) electrons. The molecule has 1 atom stereocenters. The second-order valence-electron chi connectivity index (χ2n) is 5.18. The molecule has 2 amide bonds. The summed E-state index contributed by atoms with van der Waals surface area (Å²) in [6.07, 6.45) is 0.979. The maximum absolute atomic E-state index is 12.7. The third kappa shape index (κ3) is 3.89. The zero-order valence-corrected chi connectivity index (χ0v) is 13.4. The summed E-state index contributed by atoms with van der Waals surface area (Å²) in [6, 6.07) is 7.14. The third-order valence-electron chi connectivity index (χ3n) is 3.61. The molecule has 1 aliphatic heterocycles. The summed E-state index contributed by atoms with van der Waals surface area (Å²) >= 11 is 11.6. The first kappa shape index (κ1) is 16.1. The van der Waals surface area contributed by atoms with Gasteiger partial charge in [0, 0.05) is 43.1 Å². The van der Waals surface area contributed by atoms with Gasteiger partial charge >= 0.3 is 0 Å². The van der Waals surface area contributed by atoms with Crippen molar-refractivity contribution in [3.8, 4) is 0 Å². The summed E-state index contributed by atoms with van der Waals surface area (Å²) < 4.78 is 0. The SMILES string of the molecule is CN1CC(C(=O)N(CCCCl)c2ccc(Cl)cc2)CC1=O. The standard InChI is InChI=1S/C15H18Cl2N2O2/c1-18-10-11(9-14(18)20)15(21)19(8-2-7-16)13-5-3-12(17)4-6-13/h3-6,11H,2,7-10H2,1H3. The van der Waals surface area contributed by atoms with Crippen molar-refractivity contribution >= 4 is 40.7 Å². The molecule has 1 aromatic rings. The van der Waals surface area contributed by atoms with Gasteiger partial charge in [-0.25, -0.2) is 0 Å². The van der Waals surface area contributed by atoms with Gasteiger partial charge in [0.25, 0.3) is 0 Å². The number of halogens is 2. The van der Waals surface area contributed by atoms with Crippen molar-refractivity contribution in [3.05, 3.63) is 29.3 Å². The summed E-state index contributed by atoms with van der Waals surface area (Å²) in [6.45, 7) is 1.01. The molecule has 6 heteroatoms. The van der Waals surface area contributed by atoms with Gasteiger partial charge in [-0.05, 0) is 30.7 Å². The lowest BCUT2D eigenvalue weighted by molar-refractivity contribution is -0.127. The van der Waals surface area contributed by atoms with E-state index in [1.807, 2.05) is 12.1 Å². The number of anilines is 1. The molecule has 0 aromatic heterocycles. The molecular weight excluding hydrogens is 311 g/mol. The predicted octanol–water partition coefficient (Wildman–Crippen LogP) is 2.78. The molecule has 1 unspecified atom stereocenters. The lowest BCUT2D eigenvalue weighted by Gasteiger charge is -2.25. The number of carbonyl (C=O) groups excluding carboxylic acids is 2. The summed E-state index contributed by atoms with van der Waals surface area (Å²) in [5, 5.41) is 0.624. The summed E-state index contributed by atoms with van der Waals surface area (Å²) in [4.78, 5) is 27.6. The predicted molar refractivity (Wildman–Crippen MR) is 84.9 cm³/mol. The number of carbonyl (C=O) groups is 2. The Morgan fingerprint density at radius 3 is 2.57 bits per heavy atom. The van der Waals surface area contributed by atoms with E-state index in [1.165, 1.54) is 0 Å². The van der Waals surface area contributed by atoms with E-state index < -0.39 is 0 Å². The highest BCUT2D eigenvalue weighted by molar-refractivity contribution is 6.30. The fraction of sp³-hybridized carbons (Fsp3) is 0.467. The van der Waals surface area contributed by atoms with Gasteiger partial charge in [-0.3, -0.25) is 9.59 Å². The largest absolute Gasteiger partial charge is 0.345 e. The van der Waals surface area contributed by atoms with Gasteiger partial charge in [-0.1, -0.05) is 11.6 Å². The van der Waals surface area contributed by atoms with Gasteiger partial charge in [0.15, 0.2) is 0 Å². The van der Waals surface area contributed by atoms with E-state index >= 15 is 0 Å². The molecule has 21 heavy (non-hydrogen) atoms. The fourth-order valence-electron chi connectivity index (χ4n) is 2.45. The van der Waals surface area contributed by atoms with Gasteiger partial charge in [0.1, 0.15) is 0 Å². The summed E-state index contributed by atoms with van der Waals surface area (Å²) in [7, 11) is 1.72. The average molecular weight is 329 g/mol. The molecule has 2 rings (SSSR count). The Morgan fingerprint density at radius 2 is 2.05 bits per heavy atom. The van der Waals surface area contributed by atoms with E-state index in [0.717, 1.165) is 5.69 Å². The molecule has 1 saturated heterocycles. The molecule has 0 N–H and O–H groups in total. The van der Waals surface area contributed by atoms with E-state index in [1.54, 1.807) is 29.0 Å². The van der Waals surface area contributed by atoms with Crippen molar-refractivity contribution in [2.45, 2.75) is 12.8 Å². The van der Waals surface area contributed by atoms with Crippen LogP contribution in [0.2, 0.25) is 5.02 Å². The summed E-state index contributed by atoms with van der Waals surface area (Å²) in [5.74, 6) is 0.191. The molecule has 1 aliphatic rings. The zero-order valence-electron chi connectivity index (χ0n) is 11.9. The smallest absolute Gasteiger partial charge is 0.232 e. The number of rotatable bonds is 5. The van der Waals surface area contributed by atoms with Crippen LogP contribution in [0.25, 0.3) is 0 Å². The number of alkyl halides is 1. The molecule has 0 saturated carbocycles. The van der Waals surface area contributed by atoms with Crippen LogP contribution in [0, 0.1) is 5.92 Å². The fourth-order valence-corrected chi connectivity index (χ4v) is 2.70. The van der Waals surface area contributed by atoms with E-state index in [0.29, 0.717) is 30.4 Å². The number of benzene rings is 1. The minimum atomic E-state index is -0.284. The first-order valence-electron chi connectivity index (χ1n) is 6.90. The first-order chi connectivity index (χ1) is 10.0. The highest BCUT2D eigenvalue weighted by Gasteiger charge is 2.35. The Hall–Kier alpha value is -1.26. The second kappa shape index (κ2) is 7.14. The maximum Gasteiger partial charge on any atom is 0.232 e. The van der Waals surface area contributed by atoms with Crippen LogP contribution >= 0.6 is 23.2 Å². The lowest BCUT2D eigenvalue weighted by Crippen LogP contribution is -2.38. The Bertz CT molecular complexity index is 519. The van der Waals surface area contributed by atoms with Crippen LogP contribution in [0.5, 0.6) is 0 Å². The van der Waals surface area contributed by atoms with E-state index in [2.05, 4.69) is 0 Å². The van der Waals surface area contributed by atoms with Gasteiger partial charge in [0.2, 0.25) is 11.8 Å². The van der Waals surface area contributed by atoms with Crippen molar-refractivity contribution in [2.75, 3.05) is 30.9 Å². The van der Waals surface area contributed by atoms with Crippen LogP contribution in [-0.4, -0.2) is 42.7 Å². The molecule has 1 fully saturated rings. The average Bonchev–Trinajstić information content (AvgIpc) is 2.80. The van der Waals surface area contributed by atoms with Crippen LogP contribution in [0.1, 0.15) is 12.8 Å². The van der Waals surface area contributed by atoms with Crippen LogP contribution in [0.15, 0.2) is 24.3 Å². The van der Waals surface area contributed by atoms with E-state index in [4.69, 9.17) is 23.2 Å². The molecule has 0 aliphatic carbocycles. The van der Waals surface area contributed by atoms with Crippen LogP contribution in [-0.2, 0) is 9.59 Å². The van der Waals surface area contributed by atoms with Crippen molar-refractivity contribution in [1.82, 2.24) is 4.90 Å². The van der Waals surface area contributed by atoms with Crippen molar-refractivity contribution in [3.63, 3.8) is 0 Å². The van der Waals surface area contributed by atoms with E-state index in [-0.39, 0.29) is 24.2 Å². The first-order valence-corrected chi connectivity index (χ1v) is 7.81. The Balaban J connectivity index is 2.17. The van der Waals surface area contributed by atoms with Gasteiger partial charge < -0.3 is 9.80 Å². The van der Waals surface area contributed by atoms with Gasteiger partial charge in [0.05, 0.1) is 5.92 Å². The molecule has 114 valence electrons. The van der Waals surface area contributed by atoms with Crippen molar-refractivity contribution in [1.29, 1.82) is 0 Å². The highest BCUT2D eigenvalue weighted by atomic mass is 35.5. The van der Waals surface area contributed by atoms with Crippen molar-refractivity contribution < 1.29 is 9.59 Å². The zero-order chi connectivity index (χ0) is 15.4. The highest BCUT2D eigenvalue weighted by Crippen LogP contribution is 2.24. The monoisotopic (exact) mass is 328 g/mol. The number of nitrogens with zero attached hydrogens (tertiary/aromatic N) is 2. The molecular formula is C15H18Cl2N2O2. The maximum atomic E-state index is 12.7. The van der Waals surface area contributed by atoms with Crippen molar-refractivity contribution in [2.24, 2.45) is 5.92 Å². The topological polar surface area (TPSA) is 40.6 Å². The number of likely N-dealkylation sites (tertiary alicyclic amines) is 1. The molecule has 0 spiro atoms. The number of hydrogen-bond acceptors (Lipinski definition) is 2. The van der Waals surface area contributed by atoms with E-state index in [9.17, 15) is 9.59 Å².